The summed E-state index contributed by atoms with van der Waals surface area (Å²) in [6.07, 6.45) is -0.536. The molecule has 0 saturated heterocycles. The lowest BCUT2D eigenvalue weighted by Gasteiger charge is -2.15. The fraction of sp³-hybridized carbons (Fsp3) is 0.316. The zero-order valence-corrected chi connectivity index (χ0v) is 13.6. The van der Waals surface area contributed by atoms with Gasteiger partial charge in [-0.15, -0.1) is 0 Å². The number of carbonyl (C=O) groups excluding carboxylic acids is 1. The minimum absolute atomic E-state index is 0.144. The molecule has 0 bridgehead atoms. The second kappa shape index (κ2) is 8.96. The SMILES string of the molecule is Cc1cccc(O[C@H](C)C(=O)NCCOCc2ccccc2)c1. The van der Waals surface area contributed by atoms with E-state index in [1.165, 1.54) is 0 Å². The monoisotopic (exact) mass is 313 g/mol. The second-order valence-corrected chi connectivity index (χ2v) is 5.41. The Labute approximate surface area is 137 Å². The van der Waals surface area contributed by atoms with E-state index in [4.69, 9.17) is 9.47 Å². The van der Waals surface area contributed by atoms with Crippen LogP contribution in [0.25, 0.3) is 0 Å². The van der Waals surface area contributed by atoms with Gasteiger partial charge in [0.25, 0.3) is 5.91 Å². The van der Waals surface area contributed by atoms with Crippen molar-refractivity contribution in [1.29, 1.82) is 0 Å². The maximum absolute atomic E-state index is 12.0. The summed E-state index contributed by atoms with van der Waals surface area (Å²) >= 11 is 0. The summed E-state index contributed by atoms with van der Waals surface area (Å²) in [7, 11) is 0. The van der Waals surface area contributed by atoms with E-state index < -0.39 is 6.10 Å². The third kappa shape index (κ3) is 6.12. The zero-order chi connectivity index (χ0) is 16.5. The fourth-order valence-corrected chi connectivity index (χ4v) is 2.10. The van der Waals surface area contributed by atoms with Gasteiger partial charge in [-0.05, 0) is 37.1 Å². The highest BCUT2D eigenvalue weighted by molar-refractivity contribution is 5.80. The van der Waals surface area contributed by atoms with Crippen LogP contribution in [0.1, 0.15) is 18.1 Å². The topological polar surface area (TPSA) is 47.6 Å². The van der Waals surface area contributed by atoms with Crippen LogP contribution in [0.3, 0.4) is 0 Å². The van der Waals surface area contributed by atoms with Crippen molar-refractivity contribution in [2.75, 3.05) is 13.2 Å². The van der Waals surface area contributed by atoms with Crippen LogP contribution in [0.5, 0.6) is 5.75 Å². The highest BCUT2D eigenvalue weighted by atomic mass is 16.5. The molecule has 122 valence electrons. The molecule has 1 amide bonds. The van der Waals surface area contributed by atoms with Gasteiger partial charge in [0.15, 0.2) is 6.10 Å². The van der Waals surface area contributed by atoms with Gasteiger partial charge in [0, 0.05) is 6.54 Å². The van der Waals surface area contributed by atoms with Crippen molar-refractivity contribution in [3.8, 4) is 5.75 Å². The third-order valence-corrected chi connectivity index (χ3v) is 3.33. The Morgan fingerprint density at radius 1 is 1.13 bits per heavy atom. The molecule has 0 unspecified atom stereocenters. The number of rotatable bonds is 8. The van der Waals surface area contributed by atoms with E-state index in [0.29, 0.717) is 25.5 Å². The van der Waals surface area contributed by atoms with E-state index in [-0.39, 0.29) is 5.91 Å². The maximum Gasteiger partial charge on any atom is 0.260 e. The number of carbonyl (C=O) groups is 1. The van der Waals surface area contributed by atoms with E-state index in [1.807, 2.05) is 61.5 Å². The van der Waals surface area contributed by atoms with Crippen molar-refractivity contribution in [2.45, 2.75) is 26.6 Å². The molecule has 0 radical (unpaired) electrons. The molecule has 4 heteroatoms. The van der Waals surface area contributed by atoms with Crippen LogP contribution in [0, 0.1) is 6.92 Å². The van der Waals surface area contributed by atoms with Crippen LogP contribution in [-0.2, 0) is 16.1 Å². The Balaban J connectivity index is 1.64. The van der Waals surface area contributed by atoms with Crippen molar-refractivity contribution in [2.24, 2.45) is 0 Å². The molecule has 0 spiro atoms. The van der Waals surface area contributed by atoms with Gasteiger partial charge in [0.2, 0.25) is 0 Å². The third-order valence-electron chi connectivity index (χ3n) is 3.33. The summed E-state index contributed by atoms with van der Waals surface area (Å²) in [6.45, 7) is 5.21. The van der Waals surface area contributed by atoms with Crippen molar-refractivity contribution >= 4 is 5.91 Å². The summed E-state index contributed by atoms with van der Waals surface area (Å²) in [5.41, 5.74) is 2.22. The molecule has 0 aliphatic rings. The first-order chi connectivity index (χ1) is 11.1. The molecule has 2 rings (SSSR count). The number of benzene rings is 2. The van der Waals surface area contributed by atoms with Crippen LogP contribution < -0.4 is 10.1 Å². The first-order valence-electron chi connectivity index (χ1n) is 7.78. The minimum atomic E-state index is -0.536. The highest BCUT2D eigenvalue weighted by Crippen LogP contribution is 2.14. The lowest BCUT2D eigenvalue weighted by Crippen LogP contribution is -2.38. The molecule has 1 atom stereocenters. The summed E-state index contributed by atoms with van der Waals surface area (Å²) in [5, 5.41) is 2.81. The van der Waals surface area contributed by atoms with Crippen LogP contribution in [0.2, 0.25) is 0 Å². The molecule has 0 fully saturated rings. The smallest absolute Gasteiger partial charge is 0.260 e. The quantitative estimate of drug-likeness (QED) is 0.762. The lowest BCUT2D eigenvalue weighted by atomic mass is 10.2. The highest BCUT2D eigenvalue weighted by Gasteiger charge is 2.13. The number of hydrogen-bond acceptors (Lipinski definition) is 3. The largest absolute Gasteiger partial charge is 0.481 e. The lowest BCUT2D eigenvalue weighted by molar-refractivity contribution is -0.127. The average molecular weight is 313 g/mol. The molecule has 4 nitrogen and oxygen atoms in total. The molecular weight excluding hydrogens is 290 g/mol. The van der Waals surface area contributed by atoms with Crippen molar-refractivity contribution < 1.29 is 14.3 Å². The molecule has 23 heavy (non-hydrogen) atoms. The van der Waals surface area contributed by atoms with Crippen molar-refractivity contribution in [3.05, 3.63) is 65.7 Å². The van der Waals surface area contributed by atoms with Crippen molar-refractivity contribution in [3.63, 3.8) is 0 Å². The van der Waals surface area contributed by atoms with Gasteiger partial charge < -0.3 is 14.8 Å². The van der Waals surface area contributed by atoms with E-state index >= 15 is 0 Å². The average Bonchev–Trinajstić information content (AvgIpc) is 2.55. The maximum atomic E-state index is 12.0. The zero-order valence-electron chi connectivity index (χ0n) is 13.6. The molecule has 0 heterocycles. The number of nitrogens with one attached hydrogen (secondary N) is 1. The number of hydrogen-bond donors (Lipinski definition) is 1. The Bertz CT molecular complexity index is 613. The van der Waals surface area contributed by atoms with Gasteiger partial charge >= 0.3 is 0 Å². The van der Waals surface area contributed by atoms with Crippen LogP contribution in [0.15, 0.2) is 54.6 Å². The molecule has 0 aromatic heterocycles. The molecule has 0 saturated carbocycles. The van der Waals surface area contributed by atoms with Gasteiger partial charge in [-0.1, -0.05) is 42.5 Å². The van der Waals surface area contributed by atoms with Crippen LogP contribution in [-0.4, -0.2) is 25.2 Å². The predicted molar refractivity (Wildman–Crippen MR) is 90.4 cm³/mol. The van der Waals surface area contributed by atoms with E-state index in [1.54, 1.807) is 6.92 Å². The van der Waals surface area contributed by atoms with Crippen molar-refractivity contribution in [1.82, 2.24) is 5.32 Å². The standard InChI is InChI=1S/C19H23NO3/c1-15-7-6-10-18(13-15)23-16(2)19(21)20-11-12-22-14-17-8-4-3-5-9-17/h3-10,13,16H,11-12,14H2,1-2H3,(H,20,21)/t16-/m1/s1. The Morgan fingerprint density at radius 3 is 2.65 bits per heavy atom. The summed E-state index contributed by atoms with van der Waals surface area (Å²) < 4.78 is 11.2. The predicted octanol–water partition coefficient (Wildman–Crippen LogP) is 3.10. The van der Waals surface area contributed by atoms with Gasteiger partial charge in [-0.3, -0.25) is 4.79 Å². The fourth-order valence-electron chi connectivity index (χ4n) is 2.10. The summed E-state index contributed by atoms with van der Waals surface area (Å²) in [5.74, 6) is 0.558. The minimum Gasteiger partial charge on any atom is -0.481 e. The Kier molecular flexibility index (Phi) is 6.63. The first-order valence-corrected chi connectivity index (χ1v) is 7.78. The van der Waals surface area contributed by atoms with E-state index in [0.717, 1.165) is 11.1 Å². The first kappa shape index (κ1) is 17.0. The normalized spacial score (nSPS) is 11.7. The van der Waals surface area contributed by atoms with Gasteiger partial charge in [-0.2, -0.15) is 0 Å². The molecule has 2 aromatic carbocycles. The second-order valence-electron chi connectivity index (χ2n) is 5.41. The Morgan fingerprint density at radius 2 is 1.91 bits per heavy atom. The Hall–Kier alpha value is -2.33. The van der Waals surface area contributed by atoms with E-state index in [9.17, 15) is 4.79 Å². The summed E-state index contributed by atoms with van der Waals surface area (Å²) in [6, 6.07) is 17.6. The summed E-state index contributed by atoms with van der Waals surface area (Å²) in [4.78, 5) is 12.0. The van der Waals surface area contributed by atoms with E-state index in [2.05, 4.69) is 5.32 Å². The van der Waals surface area contributed by atoms with Gasteiger partial charge in [-0.25, -0.2) is 0 Å². The number of amides is 1. The molecular formula is C19H23NO3. The number of aryl methyl sites for hydroxylation is 1. The molecule has 0 aliphatic carbocycles. The molecule has 2 aromatic rings. The number of ether oxygens (including phenoxy) is 2. The molecule has 1 N–H and O–H groups in total. The van der Waals surface area contributed by atoms with Gasteiger partial charge in [0.1, 0.15) is 5.75 Å². The van der Waals surface area contributed by atoms with Gasteiger partial charge in [0.05, 0.1) is 13.2 Å². The van der Waals surface area contributed by atoms with Crippen LogP contribution >= 0.6 is 0 Å². The van der Waals surface area contributed by atoms with Crippen LogP contribution in [0.4, 0.5) is 0 Å². The molecule has 0 aliphatic heterocycles.